The van der Waals surface area contributed by atoms with Crippen molar-refractivity contribution in [2.24, 2.45) is 13.0 Å². The van der Waals surface area contributed by atoms with E-state index in [1.807, 2.05) is 18.1 Å². The van der Waals surface area contributed by atoms with Crippen LogP contribution in [0.4, 0.5) is 0 Å². The van der Waals surface area contributed by atoms with E-state index < -0.39 is 0 Å². The molecule has 6 nitrogen and oxygen atoms in total. The number of hydrogen-bond acceptors (Lipinski definition) is 3. The highest BCUT2D eigenvalue weighted by atomic mass is 16.2. The molecule has 6 heteroatoms. The number of nitrogens with zero attached hydrogens (tertiary/aromatic N) is 3. The molecule has 21 heavy (non-hydrogen) atoms. The topological polar surface area (TPSA) is 67.2 Å². The highest BCUT2D eigenvalue weighted by molar-refractivity contribution is 5.82. The number of rotatable bonds is 5. The van der Waals surface area contributed by atoms with Gasteiger partial charge in [-0.3, -0.25) is 14.3 Å². The average Bonchev–Trinajstić information content (AvgIpc) is 2.82. The zero-order valence-corrected chi connectivity index (χ0v) is 12.6. The van der Waals surface area contributed by atoms with Crippen LogP contribution in [0.1, 0.15) is 31.7 Å². The Kier molecular flexibility index (Phi) is 3.69. The van der Waals surface area contributed by atoms with Gasteiger partial charge in [0, 0.05) is 38.7 Å². The first-order chi connectivity index (χ1) is 10.0. The van der Waals surface area contributed by atoms with Gasteiger partial charge in [-0.15, -0.1) is 0 Å². The molecule has 1 aromatic heterocycles. The summed E-state index contributed by atoms with van der Waals surface area (Å²) in [4.78, 5) is 25.9. The van der Waals surface area contributed by atoms with E-state index in [-0.39, 0.29) is 17.9 Å². The van der Waals surface area contributed by atoms with Crippen molar-refractivity contribution in [3.8, 4) is 0 Å². The number of aromatic nitrogens is 2. The second-order valence-electron chi connectivity index (χ2n) is 6.32. The van der Waals surface area contributed by atoms with Crippen molar-refractivity contribution < 1.29 is 9.59 Å². The van der Waals surface area contributed by atoms with Crippen LogP contribution in [0.15, 0.2) is 12.4 Å². The lowest BCUT2D eigenvalue weighted by Crippen LogP contribution is -2.37. The zero-order chi connectivity index (χ0) is 15.0. The largest absolute Gasteiger partial charge is 0.351 e. The molecule has 1 saturated heterocycles. The third kappa shape index (κ3) is 3.25. The Labute approximate surface area is 124 Å². The first-order valence-corrected chi connectivity index (χ1v) is 7.59. The van der Waals surface area contributed by atoms with E-state index in [2.05, 4.69) is 17.3 Å². The Morgan fingerprint density at radius 2 is 2.29 bits per heavy atom. The van der Waals surface area contributed by atoms with E-state index in [1.54, 1.807) is 10.9 Å². The van der Waals surface area contributed by atoms with Crippen molar-refractivity contribution in [2.45, 2.75) is 44.7 Å². The monoisotopic (exact) mass is 290 g/mol. The molecule has 114 valence electrons. The molecule has 3 atom stereocenters. The lowest BCUT2D eigenvalue weighted by atomic mass is 10.2. The number of amides is 2. The summed E-state index contributed by atoms with van der Waals surface area (Å²) < 4.78 is 1.73. The lowest BCUT2D eigenvalue weighted by Gasteiger charge is -2.16. The third-order valence-corrected chi connectivity index (χ3v) is 4.39. The highest BCUT2D eigenvalue weighted by Gasteiger charge is 2.44. The number of nitrogens with one attached hydrogen (secondary N) is 1. The number of hydrogen-bond donors (Lipinski definition) is 1. The van der Waals surface area contributed by atoms with Gasteiger partial charge in [0.05, 0.1) is 12.2 Å². The molecular formula is C15H22N4O2. The highest BCUT2D eigenvalue weighted by Crippen LogP contribution is 2.37. The van der Waals surface area contributed by atoms with Crippen LogP contribution < -0.4 is 5.32 Å². The fraction of sp³-hybridized carbons (Fsp3) is 0.667. The summed E-state index contributed by atoms with van der Waals surface area (Å²) in [5.74, 6) is 0.818. The molecule has 0 spiro atoms. The summed E-state index contributed by atoms with van der Waals surface area (Å²) in [5, 5.41) is 7.07. The molecule has 2 aliphatic rings. The van der Waals surface area contributed by atoms with Crippen molar-refractivity contribution in [3.63, 3.8) is 0 Å². The van der Waals surface area contributed by atoms with Crippen LogP contribution in [0, 0.1) is 5.92 Å². The molecule has 2 heterocycles. The van der Waals surface area contributed by atoms with Gasteiger partial charge in [-0.25, -0.2) is 0 Å². The van der Waals surface area contributed by atoms with Crippen LogP contribution >= 0.6 is 0 Å². The zero-order valence-electron chi connectivity index (χ0n) is 12.6. The number of carbonyl (C=O) groups excluding carboxylic acids is 2. The molecule has 0 unspecified atom stereocenters. The van der Waals surface area contributed by atoms with Gasteiger partial charge in [-0.05, 0) is 24.3 Å². The molecule has 1 N–H and O–H groups in total. The van der Waals surface area contributed by atoms with Gasteiger partial charge in [0.25, 0.3) is 0 Å². The first kappa shape index (κ1) is 14.1. The van der Waals surface area contributed by atoms with E-state index >= 15 is 0 Å². The van der Waals surface area contributed by atoms with Crippen molar-refractivity contribution in [1.82, 2.24) is 20.0 Å². The molecule has 0 radical (unpaired) electrons. The average molecular weight is 290 g/mol. The molecule has 0 bridgehead atoms. The van der Waals surface area contributed by atoms with Crippen molar-refractivity contribution in [3.05, 3.63) is 18.0 Å². The van der Waals surface area contributed by atoms with Crippen LogP contribution in [0.5, 0.6) is 0 Å². The van der Waals surface area contributed by atoms with E-state index in [0.717, 1.165) is 12.0 Å². The van der Waals surface area contributed by atoms with E-state index in [4.69, 9.17) is 0 Å². The predicted molar refractivity (Wildman–Crippen MR) is 77.4 cm³/mol. The van der Waals surface area contributed by atoms with Crippen LogP contribution in [-0.4, -0.2) is 45.1 Å². The SMILES string of the molecule is C[C@@H]1C[C@H]1N1C[C@H](NC(=O)CCc2cnn(C)c2)CC1=O. The maximum absolute atomic E-state index is 12.0. The molecule has 1 saturated carbocycles. The summed E-state index contributed by atoms with van der Waals surface area (Å²) >= 11 is 0. The van der Waals surface area contributed by atoms with Crippen LogP contribution in [0.2, 0.25) is 0 Å². The minimum absolute atomic E-state index is 0.0161. The quantitative estimate of drug-likeness (QED) is 0.857. The Morgan fingerprint density at radius 1 is 1.52 bits per heavy atom. The van der Waals surface area contributed by atoms with Crippen molar-refractivity contribution >= 4 is 11.8 Å². The van der Waals surface area contributed by atoms with Gasteiger partial charge in [0.15, 0.2) is 0 Å². The van der Waals surface area contributed by atoms with Gasteiger partial charge in [0.1, 0.15) is 0 Å². The summed E-state index contributed by atoms with van der Waals surface area (Å²) in [5.41, 5.74) is 1.06. The van der Waals surface area contributed by atoms with Gasteiger partial charge >= 0.3 is 0 Å². The van der Waals surface area contributed by atoms with Gasteiger partial charge in [-0.1, -0.05) is 6.92 Å². The van der Waals surface area contributed by atoms with Crippen LogP contribution in [0.3, 0.4) is 0 Å². The van der Waals surface area contributed by atoms with E-state index in [9.17, 15) is 9.59 Å². The lowest BCUT2D eigenvalue weighted by molar-refractivity contribution is -0.128. The normalized spacial score (nSPS) is 28.0. The van der Waals surface area contributed by atoms with E-state index in [1.165, 1.54) is 0 Å². The summed E-state index contributed by atoms with van der Waals surface area (Å²) in [6.07, 6.45) is 6.38. The number of carbonyl (C=O) groups is 2. The minimum Gasteiger partial charge on any atom is -0.351 e. The Balaban J connectivity index is 1.44. The Bertz CT molecular complexity index is 554. The summed E-state index contributed by atoms with van der Waals surface area (Å²) in [7, 11) is 1.86. The predicted octanol–water partition coefficient (Wildman–Crippen LogP) is 0.478. The molecule has 1 aromatic rings. The maximum Gasteiger partial charge on any atom is 0.225 e. The Morgan fingerprint density at radius 3 is 2.90 bits per heavy atom. The fourth-order valence-corrected chi connectivity index (χ4v) is 3.04. The first-order valence-electron chi connectivity index (χ1n) is 7.59. The number of likely N-dealkylation sites (tertiary alicyclic amines) is 1. The number of aryl methyl sites for hydroxylation is 2. The van der Waals surface area contributed by atoms with Crippen molar-refractivity contribution in [2.75, 3.05) is 6.54 Å². The van der Waals surface area contributed by atoms with Crippen molar-refractivity contribution in [1.29, 1.82) is 0 Å². The Hall–Kier alpha value is -1.85. The van der Waals surface area contributed by atoms with E-state index in [0.29, 0.717) is 37.8 Å². The molecular weight excluding hydrogens is 268 g/mol. The summed E-state index contributed by atoms with van der Waals surface area (Å²) in [6.45, 7) is 2.84. The molecule has 0 aromatic carbocycles. The molecule has 3 rings (SSSR count). The van der Waals surface area contributed by atoms with Gasteiger partial charge in [0.2, 0.25) is 11.8 Å². The second-order valence-corrected chi connectivity index (χ2v) is 6.32. The smallest absolute Gasteiger partial charge is 0.225 e. The van der Waals surface area contributed by atoms with Crippen LogP contribution in [0.25, 0.3) is 0 Å². The molecule has 2 amide bonds. The molecule has 1 aliphatic carbocycles. The third-order valence-electron chi connectivity index (χ3n) is 4.39. The standard InChI is InChI=1S/C15H22N4O2/c1-10-5-13(10)19-9-12(6-15(19)21)17-14(20)4-3-11-7-16-18(2)8-11/h7-8,10,12-13H,3-6,9H2,1-2H3,(H,17,20)/t10-,12-,13-/m1/s1. The molecule has 1 aliphatic heterocycles. The fourth-order valence-electron chi connectivity index (χ4n) is 3.04. The minimum atomic E-state index is -0.0216. The van der Waals surface area contributed by atoms with Gasteiger partial charge < -0.3 is 10.2 Å². The summed E-state index contributed by atoms with van der Waals surface area (Å²) in [6, 6.07) is 0.390. The molecule has 2 fully saturated rings. The van der Waals surface area contributed by atoms with Crippen LogP contribution in [-0.2, 0) is 23.1 Å². The second kappa shape index (κ2) is 5.50. The van der Waals surface area contributed by atoms with Gasteiger partial charge in [-0.2, -0.15) is 5.10 Å². The maximum atomic E-state index is 12.0.